The zero-order valence-corrected chi connectivity index (χ0v) is 25.1. The Morgan fingerprint density at radius 1 is 0.786 bits per heavy atom. The summed E-state index contributed by atoms with van der Waals surface area (Å²) in [7, 11) is 1.23. The molecule has 0 aliphatic heterocycles. The summed E-state index contributed by atoms with van der Waals surface area (Å²) in [4.78, 5) is 27.1. The summed E-state index contributed by atoms with van der Waals surface area (Å²) >= 11 is 1.61. The first-order valence-corrected chi connectivity index (χ1v) is 15.5. The van der Waals surface area contributed by atoms with Gasteiger partial charge in [0.2, 0.25) is 0 Å². The van der Waals surface area contributed by atoms with Crippen molar-refractivity contribution in [3.63, 3.8) is 0 Å². The minimum atomic E-state index is -2.07. The number of hydrogen-bond acceptors (Lipinski definition) is 5. The van der Waals surface area contributed by atoms with Crippen LogP contribution in [0.4, 0.5) is 4.39 Å². The normalized spacial score (nSPS) is 14.4. The smallest absolute Gasteiger partial charge is 0.312 e. The maximum absolute atomic E-state index is 16.5. The van der Waals surface area contributed by atoms with Gasteiger partial charge in [0, 0.05) is 5.25 Å². The zero-order chi connectivity index (χ0) is 30.0. The van der Waals surface area contributed by atoms with Gasteiger partial charge in [0.05, 0.1) is 24.6 Å². The summed E-state index contributed by atoms with van der Waals surface area (Å²) in [6, 6.07) is 38.0. The molecule has 1 unspecified atom stereocenters. The lowest BCUT2D eigenvalue weighted by Crippen LogP contribution is -2.56. The molecule has 218 valence electrons. The van der Waals surface area contributed by atoms with Gasteiger partial charge in [-0.05, 0) is 41.4 Å². The molecule has 0 fully saturated rings. The second kappa shape index (κ2) is 14.9. The van der Waals surface area contributed by atoms with Gasteiger partial charge >= 0.3 is 5.97 Å². The number of thioether (sulfide) groups is 1. The second-order valence-electron chi connectivity index (χ2n) is 10.5. The first-order valence-electron chi connectivity index (χ1n) is 14.2. The molecule has 4 atom stereocenters. The van der Waals surface area contributed by atoms with Gasteiger partial charge in [0.25, 0.3) is 0 Å². The summed E-state index contributed by atoms with van der Waals surface area (Å²) < 4.78 is 21.5. The number of carbonyl (C=O) groups excluding carboxylic acids is 2. The van der Waals surface area contributed by atoms with Crippen LogP contribution in [0.3, 0.4) is 0 Å². The quantitative estimate of drug-likeness (QED) is 0.128. The molecule has 1 N–H and O–H groups in total. The van der Waals surface area contributed by atoms with Gasteiger partial charge in [-0.2, -0.15) is 11.8 Å². The molecule has 0 saturated heterocycles. The molecule has 0 radical (unpaired) electrons. The highest BCUT2D eigenvalue weighted by Gasteiger charge is 2.44. The number of halogens is 1. The van der Waals surface area contributed by atoms with E-state index in [1.165, 1.54) is 7.11 Å². The fraction of sp³-hybridized carbons (Fsp3) is 0.278. The van der Waals surface area contributed by atoms with Gasteiger partial charge in [0.15, 0.2) is 12.0 Å². The molecule has 4 rings (SSSR count). The van der Waals surface area contributed by atoms with Crippen molar-refractivity contribution in [1.82, 2.24) is 5.32 Å². The van der Waals surface area contributed by atoms with E-state index in [0.29, 0.717) is 6.42 Å². The fourth-order valence-corrected chi connectivity index (χ4v) is 5.85. The number of carbonyl (C=O) groups is 2. The molecular weight excluding hydrogens is 545 g/mol. The van der Waals surface area contributed by atoms with Crippen LogP contribution in [0.25, 0.3) is 0 Å². The molecule has 0 saturated carbocycles. The summed E-state index contributed by atoms with van der Waals surface area (Å²) in [5.74, 6) is -2.66. The lowest BCUT2D eigenvalue weighted by molar-refractivity contribution is -0.151. The van der Waals surface area contributed by atoms with E-state index in [2.05, 4.69) is 5.32 Å². The van der Waals surface area contributed by atoms with Crippen LogP contribution < -0.4 is 5.32 Å². The summed E-state index contributed by atoms with van der Waals surface area (Å²) in [6.45, 7) is 2.02. The summed E-state index contributed by atoms with van der Waals surface area (Å²) in [5.41, 5.74) is 2.54. The molecule has 0 aromatic heterocycles. The van der Waals surface area contributed by atoms with Crippen LogP contribution in [0.5, 0.6) is 0 Å². The van der Waals surface area contributed by atoms with Crippen molar-refractivity contribution < 1.29 is 18.7 Å². The first kappa shape index (κ1) is 31.2. The molecule has 0 aliphatic carbocycles. The Morgan fingerprint density at radius 2 is 1.21 bits per heavy atom. The van der Waals surface area contributed by atoms with Crippen molar-refractivity contribution in [3.8, 4) is 0 Å². The number of rotatable bonds is 14. The Kier molecular flexibility index (Phi) is 11.1. The van der Waals surface area contributed by atoms with E-state index in [-0.39, 0.29) is 11.7 Å². The average Bonchev–Trinajstić information content (AvgIpc) is 3.06. The van der Waals surface area contributed by atoms with Crippen LogP contribution in [0.2, 0.25) is 0 Å². The van der Waals surface area contributed by atoms with Crippen molar-refractivity contribution in [1.29, 1.82) is 0 Å². The van der Waals surface area contributed by atoms with E-state index in [0.717, 1.165) is 22.3 Å². The van der Waals surface area contributed by atoms with Gasteiger partial charge < -0.3 is 4.74 Å². The third-order valence-electron chi connectivity index (χ3n) is 7.75. The number of benzene rings is 4. The minimum absolute atomic E-state index is 0.0457. The van der Waals surface area contributed by atoms with E-state index in [1.807, 2.05) is 135 Å². The van der Waals surface area contributed by atoms with Crippen molar-refractivity contribution >= 4 is 23.5 Å². The standard InChI is InChI=1S/C36H38FNO3S/c1-26(42-3)24-32(34(39)33(37)31(35(40)41-2)25-27-16-8-4-9-17-27)38-36(28-18-10-5-11-19-28,29-20-12-6-13-21-29)30-22-14-7-15-23-30/h4-23,26,31-33,38H,24-25H2,1-3H3/t26?,31-,32+,33+/m1/s1. The Balaban J connectivity index is 1.83. The number of ketones is 1. The monoisotopic (exact) mass is 583 g/mol. The van der Waals surface area contributed by atoms with Gasteiger partial charge in [-0.3, -0.25) is 14.9 Å². The number of ether oxygens (including phenoxy) is 1. The van der Waals surface area contributed by atoms with Crippen LogP contribution in [-0.4, -0.2) is 42.6 Å². The average molecular weight is 584 g/mol. The van der Waals surface area contributed by atoms with Crippen LogP contribution >= 0.6 is 11.8 Å². The Labute approximate surface area is 252 Å². The van der Waals surface area contributed by atoms with Gasteiger partial charge in [-0.15, -0.1) is 0 Å². The zero-order valence-electron chi connectivity index (χ0n) is 24.3. The third-order valence-corrected chi connectivity index (χ3v) is 8.75. The molecule has 0 spiro atoms. The maximum atomic E-state index is 16.5. The number of Topliss-reactive ketones (excluding diaryl/α,β-unsaturated/α-hetero) is 1. The van der Waals surface area contributed by atoms with Crippen LogP contribution in [0.15, 0.2) is 121 Å². The highest BCUT2D eigenvalue weighted by Crippen LogP contribution is 2.38. The first-order chi connectivity index (χ1) is 20.4. The fourth-order valence-electron chi connectivity index (χ4n) is 5.47. The van der Waals surface area contributed by atoms with Gasteiger partial charge in [-0.1, -0.05) is 128 Å². The number of alkyl halides is 1. The van der Waals surface area contributed by atoms with Crippen LogP contribution in [0.1, 0.15) is 35.6 Å². The van der Waals surface area contributed by atoms with Gasteiger partial charge in [0.1, 0.15) is 0 Å². The molecule has 0 heterocycles. The molecule has 4 aromatic carbocycles. The molecule has 42 heavy (non-hydrogen) atoms. The Morgan fingerprint density at radius 3 is 1.62 bits per heavy atom. The van der Waals surface area contributed by atoms with E-state index in [4.69, 9.17) is 4.74 Å². The van der Waals surface area contributed by atoms with Crippen molar-refractivity contribution in [2.75, 3.05) is 13.4 Å². The van der Waals surface area contributed by atoms with Crippen molar-refractivity contribution in [2.24, 2.45) is 5.92 Å². The molecule has 4 aromatic rings. The Bertz CT molecular complexity index is 1310. The number of methoxy groups -OCH3 is 1. The molecule has 0 amide bonds. The van der Waals surface area contributed by atoms with Crippen molar-refractivity contribution in [2.45, 2.75) is 42.8 Å². The second-order valence-corrected chi connectivity index (χ2v) is 11.7. The molecular formula is C36H38FNO3S. The van der Waals surface area contributed by atoms with E-state index in [1.54, 1.807) is 11.8 Å². The summed E-state index contributed by atoms with van der Waals surface area (Å²) in [5, 5.41) is 3.73. The number of hydrogen-bond donors (Lipinski definition) is 1. The van der Waals surface area contributed by atoms with Crippen LogP contribution in [0, 0.1) is 5.92 Å². The Hall–Kier alpha value is -3.74. The largest absolute Gasteiger partial charge is 0.469 e. The highest BCUT2D eigenvalue weighted by molar-refractivity contribution is 7.99. The highest BCUT2D eigenvalue weighted by atomic mass is 32.2. The number of nitrogens with one attached hydrogen (secondary N) is 1. The number of esters is 1. The lowest BCUT2D eigenvalue weighted by atomic mass is 9.75. The minimum Gasteiger partial charge on any atom is -0.469 e. The van der Waals surface area contributed by atoms with E-state index < -0.39 is 35.4 Å². The molecule has 0 aliphatic rings. The predicted molar refractivity (Wildman–Crippen MR) is 169 cm³/mol. The molecule has 4 nitrogen and oxygen atoms in total. The van der Waals surface area contributed by atoms with Crippen LogP contribution in [-0.2, 0) is 26.3 Å². The summed E-state index contributed by atoms with van der Waals surface area (Å²) in [6.07, 6.45) is 0.342. The van der Waals surface area contributed by atoms with E-state index >= 15 is 4.39 Å². The molecule has 0 bridgehead atoms. The lowest BCUT2D eigenvalue weighted by Gasteiger charge is -2.40. The van der Waals surface area contributed by atoms with Gasteiger partial charge in [-0.25, -0.2) is 4.39 Å². The molecule has 6 heteroatoms. The van der Waals surface area contributed by atoms with Crippen molar-refractivity contribution in [3.05, 3.63) is 144 Å². The maximum Gasteiger partial charge on any atom is 0.312 e. The van der Waals surface area contributed by atoms with E-state index in [9.17, 15) is 9.59 Å². The topological polar surface area (TPSA) is 55.4 Å². The predicted octanol–water partition coefficient (Wildman–Crippen LogP) is 7.02. The SMILES string of the molecule is COC(=O)[C@H](Cc1ccccc1)[C@H](F)C(=O)[C@H](CC(C)SC)NC(c1ccccc1)(c1ccccc1)c1ccccc1. The third kappa shape index (κ3) is 7.18.